The van der Waals surface area contributed by atoms with Crippen LogP contribution in [0.15, 0.2) is 24.3 Å². The van der Waals surface area contributed by atoms with Gasteiger partial charge in [0, 0.05) is 6.04 Å². The molecule has 1 unspecified atom stereocenters. The maximum atomic E-state index is 6.13. The minimum absolute atomic E-state index is 0.319. The summed E-state index contributed by atoms with van der Waals surface area (Å²) in [6, 6.07) is 8.98. The average Bonchev–Trinajstić information content (AvgIpc) is 2.24. The van der Waals surface area contributed by atoms with Crippen LogP contribution in [0.5, 0.6) is 0 Å². The monoisotopic (exact) mass is 237 g/mol. The summed E-state index contributed by atoms with van der Waals surface area (Å²) in [4.78, 5) is 0. The minimum Gasteiger partial charge on any atom is -0.327 e. The fourth-order valence-electron chi connectivity index (χ4n) is 1.84. The highest BCUT2D eigenvalue weighted by Crippen LogP contribution is 2.10. The predicted octanol–water partition coefficient (Wildman–Crippen LogP) is 3.40. The highest BCUT2D eigenvalue weighted by molar-refractivity contribution is 7.99. The predicted molar refractivity (Wildman–Crippen MR) is 75.1 cm³/mol. The Hall–Kier alpha value is -0.470. The van der Waals surface area contributed by atoms with Crippen LogP contribution in [-0.2, 0) is 6.42 Å². The SMILES string of the molecule is CCSCCCC(N)Cc1cccc(C)c1. The van der Waals surface area contributed by atoms with Gasteiger partial charge in [0.25, 0.3) is 0 Å². The van der Waals surface area contributed by atoms with Crippen molar-refractivity contribution in [3.63, 3.8) is 0 Å². The lowest BCUT2D eigenvalue weighted by molar-refractivity contribution is 0.603. The Morgan fingerprint density at radius 1 is 1.38 bits per heavy atom. The summed E-state index contributed by atoms with van der Waals surface area (Å²) < 4.78 is 0. The van der Waals surface area contributed by atoms with Gasteiger partial charge in [-0.2, -0.15) is 11.8 Å². The first kappa shape index (κ1) is 13.6. The Balaban J connectivity index is 2.25. The van der Waals surface area contributed by atoms with Crippen LogP contribution in [0.4, 0.5) is 0 Å². The van der Waals surface area contributed by atoms with Crippen LogP contribution in [-0.4, -0.2) is 17.5 Å². The first-order valence-corrected chi connectivity index (χ1v) is 7.26. The molecular weight excluding hydrogens is 214 g/mol. The van der Waals surface area contributed by atoms with Crippen molar-refractivity contribution in [2.24, 2.45) is 5.73 Å². The number of aryl methyl sites for hydroxylation is 1. The molecule has 0 bridgehead atoms. The molecule has 1 rings (SSSR count). The highest BCUT2D eigenvalue weighted by Gasteiger charge is 2.03. The van der Waals surface area contributed by atoms with Crippen LogP contribution in [0, 0.1) is 6.92 Å². The highest BCUT2D eigenvalue weighted by atomic mass is 32.2. The van der Waals surface area contributed by atoms with Crippen LogP contribution in [0.25, 0.3) is 0 Å². The molecule has 1 atom stereocenters. The topological polar surface area (TPSA) is 26.0 Å². The van der Waals surface area contributed by atoms with E-state index < -0.39 is 0 Å². The summed E-state index contributed by atoms with van der Waals surface area (Å²) in [6.45, 7) is 4.34. The number of rotatable bonds is 7. The van der Waals surface area contributed by atoms with E-state index in [4.69, 9.17) is 5.73 Å². The van der Waals surface area contributed by atoms with E-state index in [1.54, 1.807) is 0 Å². The first-order valence-electron chi connectivity index (χ1n) is 6.11. The Kier molecular flexibility index (Phi) is 6.58. The van der Waals surface area contributed by atoms with Gasteiger partial charge in [-0.15, -0.1) is 0 Å². The van der Waals surface area contributed by atoms with Gasteiger partial charge < -0.3 is 5.73 Å². The van der Waals surface area contributed by atoms with Crippen LogP contribution in [0.1, 0.15) is 30.9 Å². The molecule has 0 fully saturated rings. The second-order valence-corrected chi connectivity index (χ2v) is 5.69. The van der Waals surface area contributed by atoms with E-state index in [0.29, 0.717) is 6.04 Å². The van der Waals surface area contributed by atoms with Crippen LogP contribution in [0.2, 0.25) is 0 Å². The molecule has 0 heterocycles. The molecule has 0 aliphatic rings. The Bertz CT molecular complexity index is 299. The molecule has 0 spiro atoms. The van der Waals surface area contributed by atoms with Gasteiger partial charge in [0.1, 0.15) is 0 Å². The zero-order valence-corrected chi connectivity index (χ0v) is 11.2. The van der Waals surface area contributed by atoms with E-state index in [2.05, 4.69) is 38.1 Å². The molecule has 0 radical (unpaired) electrons. The molecule has 0 aliphatic heterocycles. The Morgan fingerprint density at radius 2 is 2.19 bits per heavy atom. The van der Waals surface area contributed by atoms with Gasteiger partial charge in [0.2, 0.25) is 0 Å². The second-order valence-electron chi connectivity index (χ2n) is 4.29. The van der Waals surface area contributed by atoms with Crippen molar-refractivity contribution in [2.75, 3.05) is 11.5 Å². The summed E-state index contributed by atoms with van der Waals surface area (Å²) in [5.41, 5.74) is 8.82. The lowest BCUT2D eigenvalue weighted by Gasteiger charge is -2.11. The van der Waals surface area contributed by atoms with E-state index in [1.807, 2.05) is 11.8 Å². The third-order valence-electron chi connectivity index (χ3n) is 2.65. The third kappa shape index (κ3) is 5.57. The molecule has 0 amide bonds. The van der Waals surface area contributed by atoms with E-state index in [9.17, 15) is 0 Å². The first-order chi connectivity index (χ1) is 7.72. The third-order valence-corrected chi connectivity index (χ3v) is 3.63. The van der Waals surface area contributed by atoms with Crippen molar-refractivity contribution in [1.29, 1.82) is 0 Å². The Labute approximate surface area is 104 Å². The molecule has 1 aromatic carbocycles. The van der Waals surface area contributed by atoms with E-state index in [-0.39, 0.29) is 0 Å². The lowest BCUT2D eigenvalue weighted by Crippen LogP contribution is -2.22. The summed E-state index contributed by atoms with van der Waals surface area (Å²) in [5, 5.41) is 0. The number of hydrogen-bond donors (Lipinski definition) is 1. The van der Waals surface area contributed by atoms with Crippen molar-refractivity contribution in [3.05, 3.63) is 35.4 Å². The molecule has 1 nitrogen and oxygen atoms in total. The molecule has 2 N–H and O–H groups in total. The van der Waals surface area contributed by atoms with Gasteiger partial charge in [0.05, 0.1) is 0 Å². The number of benzene rings is 1. The van der Waals surface area contributed by atoms with Gasteiger partial charge in [-0.05, 0) is 43.3 Å². The molecule has 0 saturated heterocycles. The van der Waals surface area contributed by atoms with Crippen molar-refractivity contribution in [3.8, 4) is 0 Å². The van der Waals surface area contributed by atoms with Crippen molar-refractivity contribution in [1.82, 2.24) is 0 Å². The maximum Gasteiger partial charge on any atom is 0.00796 e. The normalized spacial score (nSPS) is 12.7. The molecule has 0 aromatic heterocycles. The summed E-state index contributed by atoms with van der Waals surface area (Å²) in [6.07, 6.45) is 3.39. The van der Waals surface area contributed by atoms with Gasteiger partial charge in [-0.1, -0.05) is 36.8 Å². The largest absolute Gasteiger partial charge is 0.327 e. The summed E-state index contributed by atoms with van der Waals surface area (Å²) in [7, 11) is 0. The lowest BCUT2D eigenvalue weighted by atomic mass is 10.0. The van der Waals surface area contributed by atoms with Crippen LogP contribution in [0.3, 0.4) is 0 Å². The number of nitrogens with two attached hydrogens (primary N) is 1. The fourth-order valence-corrected chi connectivity index (χ4v) is 2.50. The Morgan fingerprint density at radius 3 is 2.88 bits per heavy atom. The molecule has 1 aromatic rings. The molecule has 90 valence electrons. The number of hydrogen-bond acceptors (Lipinski definition) is 2. The maximum absolute atomic E-state index is 6.13. The van der Waals surface area contributed by atoms with Gasteiger partial charge in [-0.3, -0.25) is 0 Å². The molecular formula is C14H23NS. The zero-order chi connectivity index (χ0) is 11.8. The van der Waals surface area contributed by atoms with Crippen molar-refractivity contribution in [2.45, 2.75) is 39.2 Å². The van der Waals surface area contributed by atoms with Gasteiger partial charge >= 0.3 is 0 Å². The zero-order valence-electron chi connectivity index (χ0n) is 10.4. The summed E-state index contributed by atoms with van der Waals surface area (Å²) in [5.74, 6) is 2.46. The molecule has 0 saturated carbocycles. The average molecular weight is 237 g/mol. The van der Waals surface area contributed by atoms with Crippen LogP contribution < -0.4 is 5.73 Å². The van der Waals surface area contributed by atoms with Gasteiger partial charge in [-0.25, -0.2) is 0 Å². The van der Waals surface area contributed by atoms with Crippen molar-refractivity contribution >= 4 is 11.8 Å². The molecule has 16 heavy (non-hydrogen) atoms. The van der Waals surface area contributed by atoms with E-state index in [1.165, 1.54) is 29.1 Å². The van der Waals surface area contributed by atoms with Gasteiger partial charge in [0.15, 0.2) is 0 Å². The van der Waals surface area contributed by atoms with Crippen molar-refractivity contribution < 1.29 is 0 Å². The molecule has 0 aliphatic carbocycles. The smallest absolute Gasteiger partial charge is 0.00796 e. The van der Waals surface area contributed by atoms with Crippen LogP contribution >= 0.6 is 11.8 Å². The summed E-state index contributed by atoms with van der Waals surface area (Å²) >= 11 is 2.00. The van der Waals surface area contributed by atoms with E-state index >= 15 is 0 Å². The quantitative estimate of drug-likeness (QED) is 0.736. The number of thioether (sulfide) groups is 1. The fraction of sp³-hybridized carbons (Fsp3) is 0.571. The van der Waals surface area contributed by atoms with E-state index in [0.717, 1.165) is 12.8 Å². The second kappa shape index (κ2) is 7.75. The minimum atomic E-state index is 0.319. The molecule has 2 heteroatoms. The standard InChI is InChI=1S/C14H23NS/c1-3-16-9-5-8-14(15)11-13-7-4-6-12(2)10-13/h4,6-7,10,14H,3,5,8-9,11,15H2,1-2H3.